The monoisotopic (exact) mass is 193 g/mol. The average molecular weight is 193 g/mol. The van der Waals surface area contributed by atoms with E-state index in [-0.39, 0.29) is 0 Å². The summed E-state index contributed by atoms with van der Waals surface area (Å²) in [7, 11) is 0. The molecule has 0 unspecified atom stereocenters. The summed E-state index contributed by atoms with van der Waals surface area (Å²) in [6.45, 7) is 3.10. The Labute approximate surface area is 85.7 Å². The van der Waals surface area contributed by atoms with Crippen molar-refractivity contribution in [1.29, 1.82) is 0 Å². The molecule has 4 aliphatic rings. The average Bonchev–Trinajstić information content (AvgIpc) is 2.65. The van der Waals surface area contributed by atoms with Gasteiger partial charge in [-0.25, -0.2) is 0 Å². The van der Waals surface area contributed by atoms with Gasteiger partial charge in [0.1, 0.15) is 6.29 Å². The van der Waals surface area contributed by atoms with Crippen LogP contribution < -0.4 is 0 Å². The molecule has 2 atom stereocenters. The second kappa shape index (κ2) is 3.34. The van der Waals surface area contributed by atoms with E-state index in [9.17, 15) is 4.79 Å². The van der Waals surface area contributed by atoms with Crippen LogP contribution in [0.4, 0.5) is 0 Å². The summed E-state index contributed by atoms with van der Waals surface area (Å²) in [5.74, 6) is 3.90. The predicted molar refractivity (Wildman–Crippen MR) is 54.9 cm³/mol. The maximum absolute atomic E-state index is 10.5. The number of carbonyl (C=O) groups is 1. The molecule has 1 heterocycles. The van der Waals surface area contributed by atoms with Crippen molar-refractivity contribution in [3.63, 3.8) is 0 Å². The fourth-order valence-corrected chi connectivity index (χ4v) is 4.19. The van der Waals surface area contributed by atoms with Gasteiger partial charge in [0.05, 0.1) is 6.54 Å². The highest BCUT2D eigenvalue weighted by molar-refractivity contribution is 5.52. The quantitative estimate of drug-likeness (QED) is 0.620. The van der Waals surface area contributed by atoms with Crippen molar-refractivity contribution in [3.8, 4) is 0 Å². The lowest BCUT2D eigenvalue weighted by atomic mass is 9.60. The minimum atomic E-state index is 0.673. The molecule has 2 bridgehead atoms. The van der Waals surface area contributed by atoms with E-state index in [0.717, 1.165) is 30.0 Å². The Morgan fingerprint density at radius 1 is 1.00 bits per heavy atom. The summed E-state index contributed by atoms with van der Waals surface area (Å²) in [6.07, 6.45) is 6.96. The summed E-state index contributed by atoms with van der Waals surface area (Å²) in [6, 6.07) is 0. The number of fused-ring (bicyclic) bond motifs is 2. The predicted octanol–water partition coefficient (Wildman–Crippen LogP) is 1.55. The molecule has 78 valence electrons. The molecule has 4 fully saturated rings. The molecule has 1 saturated heterocycles. The van der Waals surface area contributed by atoms with Gasteiger partial charge in [-0.3, -0.25) is 4.90 Å². The molecule has 3 aliphatic carbocycles. The maximum Gasteiger partial charge on any atom is 0.133 e. The van der Waals surface area contributed by atoms with Gasteiger partial charge in [-0.15, -0.1) is 0 Å². The number of rotatable bonds is 2. The van der Waals surface area contributed by atoms with Crippen LogP contribution in [0, 0.1) is 23.7 Å². The highest BCUT2D eigenvalue weighted by atomic mass is 16.1. The highest BCUT2D eigenvalue weighted by Gasteiger charge is 2.47. The largest absolute Gasteiger partial charge is 0.302 e. The molecule has 4 rings (SSSR count). The molecule has 0 spiro atoms. The number of carbonyl (C=O) groups excluding carboxylic acids is 1. The molecule has 14 heavy (non-hydrogen) atoms. The van der Waals surface area contributed by atoms with E-state index in [4.69, 9.17) is 0 Å². The van der Waals surface area contributed by atoms with Crippen LogP contribution in [0.15, 0.2) is 0 Å². The van der Waals surface area contributed by atoms with Crippen molar-refractivity contribution in [2.24, 2.45) is 23.7 Å². The van der Waals surface area contributed by atoms with Gasteiger partial charge in [-0.05, 0) is 49.4 Å². The van der Waals surface area contributed by atoms with Gasteiger partial charge in [0.2, 0.25) is 0 Å². The Hall–Kier alpha value is -0.370. The van der Waals surface area contributed by atoms with Gasteiger partial charge in [0, 0.05) is 13.1 Å². The third kappa shape index (κ3) is 1.23. The fourth-order valence-electron chi connectivity index (χ4n) is 4.19. The van der Waals surface area contributed by atoms with Crippen LogP contribution in [0.1, 0.15) is 25.7 Å². The van der Waals surface area contributed by atoms with Crippen molar-refractivity contribution in [2.75, 3.05) is 19.6 Å². The summed E-state index contributed by atoms with van der Waals surface area (Å²) in [5, 5.41) is 0. The van der Waals surface area contributed by atoms with Crippen molar-refractivity contribution in [3.05, 3.63) is 0 Å². The molecule has 0 N–H and O–H groups in total. The van der Waals surface area contributed by atoms with Crippen LogP contribution in [-0.4, -0.2) is 30.8 Å². The zero-order chi connectivity index (χ0) is 9.54. The Balaban J connectivity index is 1.74. The van der Waals surface area contributed by atoms with Gasteiger partial charge in [-0.1, -0.05) is 0 Å². The van der Waals surface area contributed by atoms with Gasteiger partial charge in [0.25, 0.3) is 0 Å². The highest BCUT2D eigenvalue weighted by Crippen LogP contribution is 2.51. The van der Waals surface area contributed by atoms with E-state index in [1.165, 1.54) is 38.8 Å². The standard InChI is InChI=1S/C12H19NO/c14-6-5-13-7-11-9-1-2-10(4-3-9)12(11)8-13/h6,9-12H,1-5,7-8H2/t9?,10?,11-,12+. The zero-order valence-corrected chi connectivity index (χ0v) is 8.69. The number of hydrogen-bond donors (Lipinski definition) is 0. The Bertz CT molecular complexity index is 212. The first kappa shape index (κ1) is 8.90. The molecule has 1 aliphatic heterocycles. The van der Waals surface area contributed by atoms with Crippen LogP contribution in [0.25, 0.3) is 0 Å². The van der Waals surface area contributed by atoms with Crippen LogP contribution in [0.2, 0.25) is 0 Å². The van der Waals surface area contributed by atoms with Gasteiger partial charge >= 0.3 is 0 Å². The molecule has 2 heteroatoms. The van der Waals surface area contributed by atoms with Crippen LogP contribution in [-0.2, 0) is 4.79 Å². The number of hydrogen-bond acceptors (Lipinski definition) is 2. The Morgan fingerprint density at radius 2 is 1.50 bits per heavy atom. The van der Waals surface area contributed by atoms with Crippen molar-refractivity contribution in [2.45, 2.75) is 25.7 Å². The topological polar surface area (TPSA) is 20.3 Å². The Morgan fingerprint density at radius 3 is 1.93 bits per heavy atom. The van der Waals surface area contributed by atoms with Gasteiger partial charge < -0.3 is 4.79 Å². The van der Waals surface area contributed by atoms with Gasteiger partial charge in [-0.2, -0.15) is 0 Å². The van der Waals surface area contributed by atoms with E-state index >= 15 is 0 Å². The molecule has 0 amide bonds. The third-order valence-corrected chi connectivity index (χ3v) is 4.85. The maximum atomic E-state index is 10.5. The summed E-state index contributed by atoms with van der Waals surface area (Å²) < 4.78 is 0. The molecule has 0 aromatic carbocycles. The number of nitrogens with zero attached hydrogens (tertiary/aromatic N) is 1. The second-order valence-corrected chi connectivity index (χ2v) is 5.39. The molecule has 0 aromatic rings. The van der Waals surface area contributed by atoms with Crippen LogP contribution in [0.5, 0.6) is 0 Å². The number of aldehydes is 1. The first-order valence-corrected chi connectivity index (χ1v) is 6.04. The minimum Gasteiger partial charge on any atom is -0.302 e. The van der Waals surface area contributed by atoms with Crippen molar-refractivity contribution < 1.29 is 4.79 Å². The van der Waals surface area contributed by atoms with E-state index < -0.39 is 0 Å². The van der Waals surface area contributed by atoms with Gasteiger partial charge in [0.15, 0.2) is 0 Å². The molecule has 0 aromatic heterocycles. The summed E-state index contributed by atoms with van der Waals surface area (Å²) in [4.78, 5) is 12.9. The molecular formula is C12H19NO. The number of likely N-dealkylation sites (tertiary alicyclic amines) is 1. The first-order valence-electron chi connectivity index (χ1n) is 6.04. The summed E-state index contributed by atoms with van der Waals surface area (Å²) >= 11 is 0. The SMILES string of the molecule is O=CCN1C[C@@H]2C3CCC(CC3)[C@@H]2C1. The lowest BCUT2D eigenvalue weighted by molar-refractivity contribution is -0.108. The molecule has 2 nitrogen and oxygen atoms in total. The third-order valence-electron chi connectivity index (χ3n) is 4.85. The fraction of sp³-hybridized carbons (Fsp3) is 0.917. The zero-order valence-electron chi connectivity index (χ0n) is 8.69. The van der Waals surface area contributed by atoms with E-state index in [2.05, 4.69) is 4.90 Å². The van der Waals surface area contributed by atoms with Crippen molar-refractivity contribution >= 4 is 6.29 Å². The molecule has 0 radical (unpaired) electrons. The lowest BCUT2D eigenvalue weighted by Crippen LogP contribution is -2.38. The lowest BCUT2D eigenvalue weighted by Gasteiger charge is -2.45. The van der Waals surface area contributed by atoms with E-state index in [1.807, 2.05) is 0 Å². The summed E-state index contributed by atoms with van der Waals surface area (Å²) in [5.41, 5.74) is 0. The van der Waals surface area contributed by atoms with Crippen LogP contribution in [0.3, 0.4) is 0 Å². The van der Waals surface area contributed by atoms with Crippen LogP contribution >= 0.6 is 0 Å². The molecule has 3 saturated carbocycles. The van der Waals surface area contributed by atoms with Crippen molar-refractivity contribution in [1.82, 2.24) is 4.90 Å². The minimum absolute atomic E-state index is 0.673. The van der Waals surface area contributed by atoms with E-state index in [0.29, 0.717) is 6.54 Å². The van der Waals surface area contributed by atoms with E-state index in [1.54, 1.807) is 0 Å². The molecular weight excluding hydrogens is 174 g/mol. The smallest absolute Gasteiger partial charge is 0.133 e. The second-order valence-electron chi connectivity index (χ2n) is 5.39. The normalized spacial score (nSPS) is 46.6. The Kier molecular flexibility index (Phi) is 2.12. The first-order chi connectivity index (χ1) is 6.88.